The van der Waals surface area contributed by atoms with Crippen molar-refractivity contribution in [1.82, 2.24) is 24.1 Å². The third kappa shape index (κ3) is 7.02. The maximum atomic E-state index is 14.1. The van der Waals surface area contributed by atoms with Crippen LogP contribution in [0.2, 0.25) is 0 Å². The predicted octanol–water partition coefficient (Wildman–Crippen LogP) is 4.03. The van der Waals surface area contributed by atoms with Crippen LogP contribution in [0.5, 0.6) is 5.75 Å². The number of ketones is 1. The van der Waals surface area contributed by atoms with E-state index in [0.717, 1.165) is 26.1 Å². The van der Waals surface area contributed by atoms with E-state index in [-0.39, 0.29) is 24.0 Å². The highest BCUT2D eigenvalue weighted by atomic mass is 19.1. The Labute approximate surface area is 230 Å². The minimum Gasteiger partial charge on any atom is -0.494 e. The average molecular weight is 538 g/mol. The maximum absolute atomic E-state index is 14.1. The lowest BCUT2D eigenvalue weighted by Crippen LogP contribution is -2.42. The number of likely N-dealkylation sites (tertiary alicyclic amines) is 1. The lowest BCUT2D eigenvalue weighted by Gasteiger charge is -2.35. The summed E-state index contributed by atoms with van der Waals surface area (Å²) in [4.78, 5) is 31.0. The summed E-state index contributed by atoms with van der Waals surface area (Å²) in [6.07, 6.45) is 3.67. The number of benzene rings is 2. The van der Waals surface area contributed by atoms with Crippen LogP contribution < -0.4 is 10.4 Å². The molecular weight excluding hydrogens is 497 g/mol. The normalized spacial score (nSPS) is 14.9. The Kier molecular flexibility index (Phi) is 9.35. The van der Waals surface area contributed by atoms with Gasteiger partial charge in [0.2, 0.25) is 0 Å². The van der Waals surface area contributed by atoms with Crippen molar-refractivity contribution in [3.8, 4) is 22.8 Å². The summed E-state index contributed by atoms with van der Waals surface area (Å²) < 4.78 is 21.9. The number of methoxy groups -OCH3 is 1. The van der Waals surface area contributed by atoms with E-state index < -0.39 is 11.5 Å². The molecule has 0 atom stereocenters. The Hall–Kier alpha value is -3.30. The Morgan fingerprint density at radius 1 is 1.13 bits per heavy atom. The van der Waals surface area contributed by atoms with Crippen LogP contribution in [0, 0.1) is 11.7 Å². The molecule has 1 aromatic heterocycles. The second-order valence-corrected chi connectivity index (χ2v) is 11.0. The van der Waals surface area contributed by atoms with Crippen LogP contribution in [0.1, 0.15) is 38.7 Å². The molecule has 0 unspecified atom stereocenters. The first-order valence-corrected chi connectivity index (χ1v) is 13.7. The van der Waals surface area contributed by atoms with Gasteiger partial charge < -0.3 is 14.5 Å². The highest BCUT2D eigenvalue weighted by molar-refractivity contribution is 5.79. The van der Waals surface area contributed by atoms with E-state index in [4.69, 9.17) is 4.74 Å². The van der Waals surface area contributed by atoms with Gasteiger partial charge in [0.05, 0.1) is 19.3 Å². The molecule has 1 fully saturated rings. The molecule has 1 aliphatic heterocycles. The molecule has 2 heterocycles. The number of ether oxygens (including phenoxy) is 1. The number of aromatic nitrogens is 3. The van der Waals surface area contributed by atoms with Crippen molar-refractivity contribution in [3.63, 3.8) is 0 Å². The van der Waals surface area contributed by atoms with E-state index in [1.54, 1.807) is 0 Å². The summed E-state index contributed by atoms with van der Waals surface area (Å²) in [6.45, 7) is 7.05. The van der Waals surface area contributed by atoms with Gasteiger partial charge >= 0.3 is 5.69 Å². The van der Waals surface area contributed by atoms with Gasteiger partial charge in [0.25, 0.3) is 0 Å². The molecule has 0 N–H and O–H groups in total. The van der Waals surface area contributed by atoms with Crippen molar-refractivity contribution in [3.05, 3.63) is 64.3 Å². The number of carbonyl (C=O) groups is 1. The summed E-state index contributed by atoms with van der Waals surface area (Å²) in [5.41, 5.74) is 1.88. The molecule has 0 amide bonds. The third-order valence-corrected chi connectivity index (χ3v) is 7.43. The first kappa shape index (κ1) is 28.7. The molecule has 0 aliphatic carbocycles. The van der Waals surface area contributed by atoms with Gasteiger partial charge in [0.15, 0.2) is 23.2 Å². The van der Waals surface area contributed by atoms with Crippen LogP contribution in [-0.2, 0) is 17.8 Å². The van der Waals surface area contributed by atoms with Crippen LogP contribution in [0.25, 0.3) is 17.1 Å². The van der Waals surface area contributed by atoms with E-state index in [9.17, 15) is 14.0 Å². The van der Waals surface area contributed by atoms with Crippen LogP contribution in [0.15, 0.2) is 47.3 Å². The summed E-state index contributed by atoms with van der Waals surface area (Å²) in [5.74, 6) is -0.0648. The van der Waals surface area contributed by atoms with Gasteiger partial charge in [-0.25, -0.2) is 9.18 Å². The second-order valence-electron chi connectivity index (χ2n) is 11.0. The number of hydrogen-bond donors (Lipinski definition) is 0. The zero-order valence-electron chi connectivity index (χ0n) is 23.7. The molecule has 0 spiro atoms. The minimum atomic E-state index is -0.511. The molecule has 8 nitrogen and oxygen atoms in total. The fourth-order valence-corrected chi connectivity index (χ4v) is 5.17. The number of piperidine rings is 1. The molecular formula is C30H40FN5O3. The van der Waals surface area contributed by atoms with Gasteiger partial charge in [-0.3, -0.25) is 9.36 Å². The van der Waals surface area contributed by atoms with Crippen LogP contribution in [0.3, 0.4) is 0 Å². The molecule has 0 bridgehead atoms. The third-order valence-electron chi connectivity index (χ3n) is 7.43. The van der Waals surface area contributed by atoms with Crippen LogP contribution in [-0.4, -0.2) is 76.8 Å². The van der Waals surface area contributed by atoms with Gasteiger partial charge in [-0.2, -0.15) is 4.68 Å². The van der Waals surface area contributed by atoms with Crippen LogP contribution >= 0.6 is 0 Å². The molecule has 4 rings (SSSR count). The highest BCUT2D eigenvalue weighted by Gasteiger charge is 2.22. The summed E-state index contributed by atoms with van der Waals surface area (Å²) in [7, 11) is 5.69. The fraction of sp³-hybridized carbons (Fsp3) is 0.500. The number of nitrogens with zero attached hydrogens (tertiary/aromatic N) is 5. The van der Waals surface area contributed by atoms with Gasteiger partial charge in [-0.1, -0.05) is 26.0 Å². The molecule has 1 aliphatic rings. The van der Waals surface area contributed by atoms with Crippen LogP contribution in [0.4, 0.5) is 4.39 Å². The highest BCUT2D eigenvalue weighted by Crippen LogP contribution is 2.25. The molecule has 210 valence electrons. The molecule has 1 saturated heterocycles. The number of rotatable bonds is 11. The van der Waals surface area contributed by atoms with Crippen molar-refractivity contribution in [2.75, 3.05) is 40.8 Å². The second kappa shape index (κ2) is 12.7. The maximum Gasteiger partial charge on any atom is 0.351 e. The van der Waals surface area contributed by atoms with E-state index in [0.29, 0.717) is 29.5 Å². The Balaban J connectivity index is 1.55. The zero-order chi connectivity index (χ0) is 28.1. The smallest absolute Gasteiger partial charge is 0.351 e. The monoisotopic (exact) mass is 537 g/mol. The van der Waals surface area contributed by atoms with E-state index in [1.807, 2.05) is 38.1 Å². The molecule has 9 heteroatoms. The summed E-state index contributed by atoms with van der Waals surface area (Å²) in [5, 5.41) is 4.58. The van der Waals surface area contributed by atoms with Gasteiger partial charge in [0, 0.05) is 24.6 Å². The summed E-state index contributed by atoms with van der Waals surface area (Å²) in [6, 6.07) is 12.8. The zero-order valence-corrected chi connectivity index (χ0v) is 23.7. The van der Waals surface area contributed by atoms with E-state index in [2.05, 4.69) is 29.0 Å². The fourth-order valence-electron chi connectivity index (χ4n) is 5.17. The SMILES string of the molecule is COc1cc(-c2nn(-c3ccc(CCN4CCC(N(C)C)CC4)cc3)c(=O)n2CC(=O)CC(C)C)ccc1F. The number of halogens is 1. The lowest BCUT2D eigenvalue weighted by molar-refractivity contribution is -0.120. The van der Waals surface area contributed by atoms with Crippen molar-refractivity contribution < 1.29 is 13.9 Å². The number of Topliss-reactive ketones (excluding diaryl/α,β-unsaturated/α-hetero) is 1. The van der Waals surface area contributed by atoms with Crippen molar-refractivity contribution in [2.45, 2.75) is 52.1 Å². The topological polar surface area (TPSA) is 72.6 Å². The van der Waals surface area contributed by atoms with E-state index >= 15 is 0 Å². The van der Waals surface area contributed by atoms with Gasteiger partial charge in [-0.15, -0.1) is 5.10 Å². The first-order valence-electron chi connectivity index (χ1n) is 13.7. The van der Waals surface area contributed by atoms with E-state index in [1.165, 1.54) is 53.0 Å². The Morgan fingerprint density at radius 2 is 1.82 bits per heavy atom. The standard InChI is InChI=1S/C30H40FN5O3/c1-21(2)18-26(37)20-35-29(23-8-11-27(31)28(19-23)39-5)32-36(30(35)38)25-9-6-22(7-10-25)12-15-34-16-13-24(14-17-34)33(3)4/h6-11,19,21,24H,12-18,20H2,1-5H3. The molecule has 0 saturated carbocycles. The lowest BCUT2D eigenvalue weighted by atomic mass is 10.0. The average Bonchev–Trinajstić information content (AvgIpc) is 3.23. The minimum absolute atomic E-state index is 0.0462. The molecule has 39 heavy (non-hydrogen) atoms. The van der Waals surface area contributed by atoms with Gasteiger partial charge in [-0.05, 0) is 88.3 Å². The Bertz CT molecular complexity index is 1320. The van der Waals surface area contributed by atoms with Crippen molar-refractivity contribution in [2.24, 2.45) is 5.92 Å². The Morgan fingerprint density at radius 3 is 2.44 bits per heavy atom. The molecule has 0 radical (unpaired) electrons. The quantitative estimate of drug-likeness (QED) is 0.368. The number of carbonyl (C=O) groups excluding carboxylic acids is 1. The summed E-state index contributed by atoms with van der Waals surface area (Å²) >= 11 is 0. The molecule has 2 aromatic carbocycles. The van der Waals surface area contributed by atoms with Crippen molar-refractivity contribution in [1.29, 1.82) is 0 Å². The number of hydrogen-bond acceptors (Lipinski definition) is 6. The predicted molar refractivity (Wildman–Crippen MR) is 151 cm³/mol. The largest absolute Gasteiger partial charge is 0.494 e. The molecule has 3 aromatic rings. The van der Waals surface area contributed by atoms with Crippen molar-refractivity contribution >= 4 is 5.78 Å². The first-order chi connectivity index (χ1) is 18.7. The van der Waals surface area contributed by atoms with Gasteiger partial charge in [0.1, 0.15) is 0 Å².